The van der Waals surface area contributed by atoms with Crippen LogP contribution in [0.3, 0.4) is 0 Å². The summed E-state index contributed by atoms with van der Waals surface area (Å²) in [4.78, 5) is 36.2. The minimum atomic E-state index is -0.905. The molecule has 1 atom stereocenters. The molecule has 2 rings (SSSR count). The van der Waals surface area contributed by atoms with E-state index in [1.165, 1.54) is 0 Å². The third kappa shape index (κ3) is 7.63. The maximum Gasteiger partial charge on any atom is 0.334 e. The van der Waals surface area contributed by atoms with E-state index in [2.05, 4.69) is 16.2 Å². The van der Waals surface area contributed by atoms with Crippen LogP contribution in [0.5, 0.6) is 5.75 Å². The first kappa shape index (κ1) is 23.0. The third-order valence-electron chi connectivity index (χ3n) is 3.97. The molecule has 8 nitrogen and oxygen atoms in total. The van der Waals surface area contributed by atoms with E-state index in [0.29, 0.717) is 10.8 Å². The van der Waals surface area contributed by atoms with Crippen molar-refractivity contribution in [3.63, 3.8) is 0 Å². The summed E-state index contributed by atoms with van der Waals surface area (Å²) in [6.07, 6.45) is 0.250. The highest BCUT2D eigenvalue weighted by Gasteiger charge is 2.22. The molecule has 0 spiro atoms. The molecule has 1 unspecified atom stereocenters. The molecule has 2 aromatic rings. The van der Waals surface area contributed by atoms with Crippen LogP contribution < -0.4 is 20.9 Å². The molecular weight excluding hydrogens is 410 g/mol. The third-order valence-corrected chi connectivity index (χ3v) is 4.21. The van der Waals surface area contributed by atoms with Gasteiger partial charge in [-0.1, -0.05) is 41.9 Å². The molecule has 0 saturated heterocycles. The molecule has 30 heavy (non-hydrogen) atoms. The zero-order valence-electron chi connectivity index (χ0n) is 16.7. The van der Waals surface area contributed by atoms with Gasteiger partial charge in [0.2, 0.25) is 0 Å². The smallest absolute Gasteiger partial charge is 0.334 e. The topological polar surface area (TPSA) is 106 Å². The van der Waals surface area contributed by atoms with Gasteiger partial charge >= 0.3 is 12.0 Å². The largest absolute Gasteiger partial charge is 0.483 e. The van der Waals surface area contributed by atoms with Crippen LogP contribution in [0.15, 0.2) is 48.5 Å². The Morgan fingerprint density at radius 3 is 2.47 bits per heavy atom. The summed E-state index contributed by atoms with van der Waals surface area (Å²) < 4.78 is 10.4. The van der Waals surface area contributed by atoms with Crippen LogP contribution in [0, 0.1) is 6.92 Å². The highest BCUT2D eigenvalue weighted by molar-refractivity contribution is 6.30. The lowest BCUT2D eigenvalue weighted by Gasteiger charge is -2.18. The van der Waals surface area contributed by atoms with Crippen molar-refractivity contribution in [1.29, 1.82) is 0 Å². The number of hydrogen-bond donors (Lipinski definition) is 3. The van der Waals surface area contributed by atoms with Crippen molar-refractivity contribution in [2.24, 2.45) is 0 Å². The highest BCUT2D eigenvalue weighted by Crippen LogP contribution is 2.21. The van der Waals surface area contributed by atoms with Gasteiger partial charge in [-0.2, -0.15) is 0 Å². The van der Waals surface area contributed by atoms with Gasteiger partial charge in [-0.25, -0.2) is 15.0 Å². The van der Waals surface area contributed by atoms with Gasteiger partial charge < -0.3 is 14.8 Å². The number of carbonyl (C=O) groups is 3. The van der Waals surface area contributed by atoms with Gasteiger partial charge in [-0.05, 0) is 43.2 Å². The number of hydrogen-bond acceptors (Lipinski definition) is 5. The Bertz CT molecular complexity index is 876. The summed E-state index contributed by atoms with van der Waals surface area (Å²) in [7, 11) is 0. The average molecular weight is 434 g/mol. The van der Waals surface area contributed by atoms with Crippen molar-refractivity contribution in [3.8, 4) is 5.75 Å². The molecule has 0 aliphatic rings. The summed E-state index contributed by atoms with van der Waals surface area (Å²) >= 11 is 5.88. The zero-order valence-corrected chi connectivity index (χ0v) is 17.5. The van der Waals surface area contributed by atoms with Gasteiger partial charge in [0, 0.05) is 11.4 Å². The molecule has 0 aliphatic carbocycles. The number of amides is 3. The molecule has 0 saturated carbocycles. The maximum absolute atomic E-state index is 12.2. The summed E-state index contributed by atoms with van der Waals surface area (Å²) in [5, 5.41) is 3.06. The van der Waals surface area contributed by atoms with E-state index in [1.54, 1.807) is 32.0 Å². The van der Waals surface area contributed by atoms with E-state index in [4.69, 9.17) is 21.1 Å². The van der Waals surface area contributed by atoms with E-state index < -0.39 is 23.9 Å². The number of carbonyl (C=O) groups excluding carboxylic acids is 3. The van der Waals surface area contributed by atoms with Crippen molar-refractivity contribution in [3.05, 3.63) is 64.7 Å². The number of aryl methyl sites for hydroxylation is 1. The van der Waals surface area contributed by atoms with Crippen molar-refractivity contribution < 1.29 is 23.9 Å². The van der Waals surface area contributed by atoms with Crippen molar-refractivity contribution in [1.82, 2.24) is 16.2 Å². The van der Waals surface area contributed by atoms with E-state index in [0.717, 1.165) is 11.1 Å². The minimum Gasteiger partial charge on any atom is -0.483 e. The highest BCUT2D eigenvalue weighted by atomic mass is 35.5. The molecule has 0 bridgehead atoms. The molecule has 9 heteroatoms. The van der Waals surface area contributed by atoms with E-state index >= 15 is 0 Å². The average Bonchev–Trinajstić information content (AvgIpc) is 2.72. The van der Waals surface area contributed by atoms with E-state index in [9.17, 15) is 14.4 Å². The fraction of sp³-hybridized carbons (Fsp3) is 0.286. The number of urea groups is 1. The SMILES string of the molecule is CCOC(=O)C(Cc1ccccc1)NC(=O)NNC(=O)COc1ccc(Cl)cc1C. The lowest BCUT2D eigenvalue weighted by Crippen LogP contribution is -2.53. The first-order valence-electron chi connectivity index (χ1n) is 9.34. The monoisotopic (exact) mass is 433 g/mol. The van der Waals surface area contributed by atoms with Gasteiger partial charge in [-0.15, -0.1) is 0 Å². The predicted octanol–water partition coefficient (Wildman–Crippen LogP) is 2.53. The molecule has 0 fully saturated rings. The Morgan fingerprint density at radius 1 is 1.07 bits per heavy atom. The number of rotatable bonds is 8. The molecule has 2 aromatic carbocycles. The Hall–Kier alpha value is -3.26. The normalized spacial score (nSPS) is 11.2. The Kier molecular flexibility index (Phi) is 8.96. The second-order valence-electron chi connectivity index (χ2n) is 6.34. The summed E-state index contributed by atoms with van der Waals surface area (Å²) in [6, 6.07) is 12.6. The van der Waals surface area contributed by atoms with Gasteiger partial charge in [-0.3, -0.25) is 10.2 Å². The Balaban J connectivity index is 1.83. The number of nitrogens with one attached hydrogen (secondary N) is 3. The standard InChI is InChI=1S/C21H24ClN3O5/c1-3-29-20(27)17(12-15-7-5-4-6-8-15)23-21(28)25-24-19(26)13-30-18-10-9-16(22)11-14(18)2/h4-11,17H,3,12-13H2,1-2H3,(H,24,26)(H2,23,25,28). The molecule has 160 valence electrons. The second kappa shape index (κ2) is 11.7. The summed E-state index contributed by atoms with van der Waals surface area (Å²) in [5.41, 5.74) is 6.05. The molecule has 0 aromatic heterocycles. The Morgan fingerprint density at radius 2 is 1.80 bits per heavy atom. The van der Waals surface area contributed by atoms with Crippen LogP contribution in [-0.4, -0.2) is 37.2 Å². The molecule has 0 heterocycles. The quantitative estimate of drug-likeness (QED) is 0.438. The molecule has 0 aliphatic heterocycles. The van der Waals surface area contributed by atoms with E-state index in [-0.39, 0.29) is 19.6 Å². The fourth-order valence-electron chi connectivity index (χ4n) is 2.56. The molecule has 3 N–H and O–H groups in total. The minimum absolute atomic E-state index is 0.186. The number of benzene rings is 2. The first-order valence-corrected chi connectivity index (χ1v) is 9.71. The maximum atomic E-state index is 12.2. The van der Waals surface area contributed by atoms with Crippen LogP contribution >= 0.6 is 11.6 Å². The number of halogens is 1. The van der Waals surface area contributed by atoms with Crippen molar-refractivity contribution in [2.45, 2.75) is 26.3 Å². The second-order valence-corrected chi connectivity index (χ2v) is 6.78. The van der Waals surface area contributed by atoms with Crippen LogP contribution in [0.4, 0.5) is 4.79 Å². The van der Waals surface area contributed by atoms with Crippen LogP contribution in [0.1, 0.15) is 18.1 Å². The van der Waals surface area contributed by atoms with Crippen LogP contribution in [0.25, 0.3) is 0 Å². The van der Waals surface area contributed by atoms with Gasteiger partial charge in [0.05, 0.1) is 6.61 Å². The van der Waals surface area contributed by atoms with Gasteiger partial charge in [0.1, 0.15) is 11.8 Å². The molecule has 0 radical (unpaired) electrons. The van der Waals surface area contributed by atoms with Crippen molar-refractivity contribution in [2.75, 3.05) is 13.2 Å². The lowest BCUT2D eigenvalue weighted by atomic mass is 10.1. The summed E-state index contributed by atoms with van der Waals surface area (Å²) in [6.45, 7) is 3.35. The molecular formula is C21H24ClN3O5. The van der Waals surface area contributed by atoms with Crippen molar-refractivity contribution >= 4 is 29.5 Å². The van der Waals surface area contributed by atoms with Gasteiger partial charge in [0.25, 0.3) is 5.91 Å². The number of ether oxygens (including phenoxy) is 2. The Labute approximate surface area is 179 Å². The number of hydrazine groups is 1. The summed E-state index contributed by atoms with van der Waals surface area (Å²) in [5.74, 6) is -0.635. The zero-order chi connectivity index (χ0) is 21.9. The predicted molar refractivity (Wildman–Crippen MR) is 112 cm³/mol. The van der Waals surface area contributed by atoms with E-state index in [1.807, 2.05) is 30.3 Å². The van der Waals surface area contributed by atoms with Crippen LogP contribution in [0.2, 0.25) is 5.02 Å². The van der Waals surface area contributed by atoms with Crippen LogP contribution in [-0.2, 0) is 20.7 Å². The fourth-order valence-corrected chi connectivity index (χ4v) is 2.79. The number of esters is 1. The van der Waals surface area contributed by atoms with Gasteiger partial charge in [0.15, 0.2) is 6.61 Å². The molecule has 3 amide bonds. The lowest BCUT2D eigenvalue weighted by molar-refractivity contribution is -0.145. The first-order chi connectivity index (χ1) is 14.4.